The summed E-state index contributed by atoms with van der Waals surface area (Å²) in [6, 6.07) is 2.82. The van der Waals surface area contributed by atoms with E-state index >= 15 is 0 Å². The van der Waals surface area contributed by atoms with Crippen molar-refractivity contribution in [2.45, 2.75) is 18.7 Å². The van der Waals surface area contributed by atoms with Gasteiger partial charge in [0.25, 0.3) is 0 Å². The lowest BCUT2D eigenvalue weighted by molar-refractivity contribution is 0.595. The van der Waals surface area contributed by atoms with Crippen LogP contribution in [0.5, 0.6) is 0 Å². The Morgan fingerprint density at radius 3 is 2.30 bits per heavy atom. The van der Waals surface area contributed by atoms with E-state index in [0.29, 0.717) is 11.3 Å². The monoisotopic (exact) mass is 321 g/mol. The van der Waals surface area contributed by atoms with Gasteiger partial charge in [-0.05, 0) is 24.6 Å². The van der Waals surface area contributed by atoms with Crippen molar-refractivity contribution in [1.29, 1.82) is 0 Å². The van der Waals surface area contributed by atoms with E-state index in [4.69, 9.17) is 10.9 Å². The Hall–Kier alpha value is -1.32. The lowest BCUT2D eigenvalue weighted by Gasteiger charge is -2.13. The van der Waals surface area contributed by atoms with E-state index in [1.807, 2.05) is 0 Å². The molecule has 1 aromatic carbocycles. The van der Waals surface area contributed by atoms with Gasteiger partial charge < -0.3 is 11.1 Å². The number of sulfonamides is 1. The van der Waals surface area contributed by atoms with Gasteiger partial charge in [-0.25, -0.2) is 22.0 Å². The second kappa shape index (κ2) is 5.98. The van der Waals surface area contributed by atoms with Crippen molar-refractivity contribution >= 4 is 31.2 Å². The zero-order valence-electron chi connectivity index (χ0n) is 11.4. The normalized spacial score (nSPS) is 12.3. The summed E-state index contributed by atoms with van der Waals surface area (Å²) in [4.78, 5) is -0.0710. The molecule has 9 heteroatoms. The quantitative estimate of drug-likeness (QED) is 0.635. The second-order valence-electron chi connectivity index (χ2n) is 4.40. The van der Waals surface area contributed by atoms with Crippen molar-refractivity contribution in [3.05, 3.63) is 17.7 Å². The minimum absolute atomic E-state index is 0.0392. The smallest absolute Gasteiger partial charge is 0.238 e. The first kappa shape index (κ1) is 16.7. The highest BCUT2D eigenvalue weighted by Gasteiger charge is 2.16. The van der Waals surface area contributed by atoms with Crippen LogP contribution in [-0.2, 0) is 19.9 Å². The molecule has 7 nitrogen and oxygen atoms in total. The third-order valence-electron chi connectivity index (χ3n) is 2.86. The Kier molecular flexibility index (Phi) is 5.00. The van der Waals surface area contributed by atoms with E-state index in [9.17, 15) is 16.8 Å². The number of sulfone groups is 1. The molecule has 0 unspecified atom stereocenters. The van der Waals surface area contributed by atoms with E-state index < -0.39 is 19.9 Å². The summed E-state index contributed by atoms with van der Waals surface area (Å²) in [6.45, 7) is 3.32. The molecule has 0 bridgehead atoms. The Labute approximate surface area is 119 Å². The van der Waals surface area contributed by atoms with Crippen LogP contribution in [0.2, 0.25) is 0 Å². The predicted molar refractivity (Wildman–Crippen MR) is 79.8 cm³/mol. The van der Waals surface area contributed by atoms with Crippen molar-refractivity contribution < 1.29 is 16.8 Å². The second-order valence-corrected chi connectivity index (χ2v) is 8.40. The van der Waals surface area contributed by atoms with Crippen LogP contribution >= 0.6 is 0 Å². The van der Waals surface area contributed by atoms with E-state index in [1.165, 1.54) is 6.07 Å². The van der Waals surface area contributed by atoms with Gasteiger partial charge >= 0.3 is 0 Å². The maximum atomic E-state index is 11.4. The summed E-state index contributed by atoms with van der Waals surface area (Å²) in [6.07, 6.45) is 0. The Bertz CT molecular complexity index is 697. The molecule has 20 heavy (non-hydrogen) atoms. The lowest BCUT2D eigenvalue weighted by atomic mass is 10.2. The molecule has 114 valence electrons. The molecule has 1 rings (SSSR count). The third kappa shape index (κ3) is 4.36. The van der Waals surface area contributed by atoms with Gasteiger partial charge in [0.05, 0.1) is 10.6 Å². The molecule has 0 aromatic heterocycles. The highest BCUT2D eigenvalue weighted by molar-refractivity contribution is 7.91. The van der Waals surface area contributed by atoms with Gasteiger partial charge in [0.15, 0.2) is 9.84 Å². The fourth-order valence-corrected chi connectivity index (χ4v) is 3.21. The predicted octanol–water partition coefficient (Wildman–Crippen LogP) is 0.0712. The van der Waals surface area contributed by atoms with Gasteiger partial charge in [-0.3, -0.25) is 0 Å². The van der Waals surface area contributed by atoms with Crippen LogP contribution in [0, 0.1) is 6.92 Å². The summed E-state index contributed by atoms with van der Waals surface area (Å²) in [7, 11) is -6.96. The molecule has 5 N–H and O–H groups in total. The molecule has 0 radical (unpaired) electrons. The van der Waals surface area contributed by atoms with Crippen molar-refractivity contribution in [3.8, 4) is 0 Å². The molecule has 0 aliphatic rings. The van der Waals surface area contributed by atoms with Crippen molar-refractivity contribution in [2.24, 2.45) is 5.14 Å². The first-order valence-corrected chi connectivity index (χ1v) is 9.31. The van der Waals surface area contributed by atoms with Gasteiger partial charge in [-0.2, -0.15) is 0 Å². The fourth-order valence-electron chi connectivity index (χ4n) is 1.67. The number of primary sulfonamides is 1. The largest absolute Gasteiger partial charge is 0.399 e. The molecule has 0 aliphatic heterocycles. The number of hydrogen-bond donors (Lipinski definition) is 3. The van der Waals surface area contributed by atoms with Crippen molar-refractivity contribution in [2.75, 3.05) is 29.1 Å². The van der Waals surface area contributed by atoms with Crippen molar-refractivity contribution in [1.82, 2.24) is 0 Å². The number of benzene rings is 1. The summed E-state index contributed by atoms with van der Waals surface area (Å²) < 4.78 is 45.6. The fraction of sp³-hybridized carbons (Fsp3) is 0.455. The number of rotatable bonds is 6. The number of nitrogens with one attached hydrogen (secondary N) is 1. The van der Waals surface area contributed by atoms with Gasteiger partial charge in [0.2, 0.25) is 10.0 Å². The van der Waals surface area contributed by atoms with Crippen LogP contribution < -0.4 is 16.2 Å². The molecule has 0 saturated carbocycles. The van der Waals surface area contributed by atoms with Crippen molar-refractivity contribution in [3.63, 3.8) is 0 Å². The van der Waals surface area contributed by atoms with Crippen LogP contribution in [0.25, 0.3) is 0 Å². The van der Waals surface area contributed by atoms with Crippen LogP contribution in [0.3, 0.4) is 0 Å². The van der Waals surface area contributed by atoms with E-state index in [-0.39, 0.29) is 28.6 Å². The summed E-state index contributed by atoms with van der Waals surface area (Å²) in [5.41, 5.74) is 6.74. The van der Waals surface area contributed by atoms with E-state index in [1.54, 1.807) is 19.9 Å². The molecule has 0 spiro atoms. The van der Waals surface area contributed by atoms with Gasteiger partial charge in [-0.15, -0.1) is 0 Å². The van der Waals surface area contributed by atoms with Crippen LogP contribution in [-0.4, -0.2) is 34.9 Å². The third-order valence-corrected chi connectivity index (χ3v) is 5.60. The first-order valence-electron chi connectivity index (χ1n) is 5.94. The minimum atomic E-state index is -3.87. The van der Waals surface area contributed by atoms with E-state index in [2.05, 4.69) is 5.32 Å². The molecular formula is C11H19N3O4S2. The van der Waals surface area contributed by atoms with Gasteiger partial charge in [0.1, 0.15) is 0 Å². The Morgan fingerprint density at radius 2 is 1.80 bits per heavy atom. The molecule has 0 fully saturated rings. The highest BCUT2D eigenvalue weighted by atomic mass is 32.2. The highest BCUT2D eigenvalue weighted by Crippen LogP contribution is 2.25. The number of nitrogens with two attached hydrogens (primary N) is 2. The summed E-state index contributed by atoms with van der Waals surface area (Å²) in [5, 5.41) is 7.99. The topological polar surface area (TPSA) is 132 Å². The Balaban J connectivity index is 3.00. The van der Waals surface area contributed by atoms with E-state index in [0.717, 1.165) is 0 Å². The molecular weight excluding hydrogens is 302 g/mol. The maximum absolute atomic E-state index is 11.4. The van der Waals surface area contributed by atoms with Crippen LogP contribution in [0.1, 0.15) is 12.5 Å². The molecule has 0 atom stereocenters. The summed E-state index contributed by atoms with van der Waals surface area (Å²) in [5.74, 6) is 0.0233. The average Bonchev–Trinajstić information content (AvgIpc) is 2.31. The number of anilines is 2. The SMILES string of the molecule is CCS(=O)(=O)CCNc1cc(N)cc(S(N)(=O)=O)c1C. The molecule has 0 saturated heterocycles. The summed E-state index contributed by atoms with van der Waals surface area (Å²) >= 11 is 0. The zero-order valence-corrected chi connectivity index (χ0v) is 13.0. The van der Waals surface area contributed by atoms with Crippen LogP contribution in [0.4, 0.5) is 11.4 Å². The number of nitrogen functional groups attached to an aromatic ring is 1. The lowest BCUT2D eigenvalue weighted by Crippen LogP contribution is -2.19. The molecule has 1 aromatic rings. The average molecular weight is 321 g/mol. The van der Waals surface area contributed by atoms with Crippen LogP contribution in [0.15, 0.2) is 17.0 Å². The minimum Gasteiger partial charge on any atom is -0.399 e. The van der Waals surface area contributed by atoms with Gasteiger partial charge in [-0.1, -0.05) is 6.92 Å². The molecule has 0 amide bonds. The Morgan fingerprint density at radius 1 is 1.20 bits per heavy atom. The molecule has 0 aliphatic carbocycles. The first-order chi connectivity index (χ1) is 9.07. The van der Waals surface area contributed by atoms with Gasteiger partial charge in [0, 0.05) is 23.7 Å². The molecule has 0 heterocycles. The maximum Gasteiger partial charge on any atom is 0.238 e. The number of hydrogen-bond acceptors (Lipinski definition) is 6. The zero-order chi connectivity index (χ0) is 15.6. The standard InChI is InChI=1S/C11H19N3O4S2/c1-3-19(15,16)5-4-14-10-6-9(12)7-11(8(10)2)20(13,17)18/h6-7,14H,3-5,12H2,1-2H3,(H2,13,17,18).